The van der Waals surface area contributed by atoms with E-state index in [-0.39, 0.29) is 12.3 Å². The second kappa shape index (κ2) is 8.71. The summed E-state index contributed by atoms with van der Waals surface area (Å²) in [4.78, 5) is 19.8. The van der Waals surface area contributed by atoms with Crippen molar-refractivity contribution in [3.8, 4) is 5.75 Å². The number of ether oxygens (including phenoxy) is 1. The number of aromatic nitrogens is 1. The van der Waals surface area contributed by atoms with Crippen molar-refractivity contribution < 1.29 is 13.9 Å². The molecule has 4 rings (SSSR count). The predicted octanol–water partition coefficient (Wildman–Crippen LogP) is 5.68. The molecular weight excluding hydrogens is 396 g/mol. The first-order valence-electron chi connectivity index (χ1n) is 9.95. The molecule has 154 valence electrons. The molecule has 0 radical (unpaired) electrons. The lowest BCUT2D eigenvalue weighted by Gasteiger charge is -2.19. The standard InChI is InChI=1S/C24H24N2O3S/c1-4-28-19-9-7-18(8-10-19)14-22(27)26(15-20-6-5-11-29-20)24-25-23-17(3)12-16(2)13-21(23)30-24/h5-13H,4,14-15H2,1-3H3. The zero-order valence-corrected chi connectivity index (χ0v) is 18.2. The molecule has 2 heterocycles. The van der Waals surface area contributed by atoms with Crippen molar-refractivity contribution in [3.05, 3.63) is 77.2 Å². The molecule has 0 aliphatic carbocycles. The minimum atomic E-state index is -0.0241. The largest absolute Gasteiger partial charge is 0.494 e. The third-order valence-corrected chi connectivity index (χ3v) is 5.86. The van der Waals surface area contributed by atoms with Gasteiger partial charge >= 0.3 is 0 Å². The molecule has 0 saturated carbocycles. The summed E-state index contributed by atoms with van der Waals surface area (Å²) >= 11 is 1.54. The van der Waals surface area contributed by atoms with E-state index in [1.54, 1.807) is 11.2 Å². The molecule has 0 fully saturated rings. The zero-order valence-electron chi connectivity index (χ0n) is 17.3. The maximum Gasteiger partial charge on any atom is 0.233 e. The molecule has 2 aromatic carbocycles. The van der Waals surface area contributed by atoms with Gasteiger partial charge in [-0.25, -0.2) is 4.98 Å². The van der Waals surface area contributed by atoms with Gasteiger partial charge in [0.15, 0.2) is 5.13 Å². The first-order chi connectivity index (χ1) is 14.5. The van der Waals surface area contributed by atoms with Crippen molar-refractivity contribution in [2.45, 2.75) is 33.7 Å². The van der Waals surface area contributed by atoms with Crippen LogP contribution in [0.5, 0.6) is 5.75 Å². The molecule has 5 nitrogen and oxygen atoms in total. The van der Waals surface area contributed by atoms with Crippen LogP contribution in [0, 0.1) is 13.8 Å². The Morgan fingerprint density at radius 2 is 1.97 bits per heavy atom. The monoisotopic (exact) mass is 420 g/mol. The first-order valence-corrected chi connectivity index (χ1v) is 10.8. The number of hydrogen-bond donors (Lipinski definition) is 0. The van der Waals surface area contributed by atoms with E-state index in [1.165, 1.54) is 16.9 Å². The minimum absolute atomic E-state index is 0.0241. The summed E-state index contributed by atoms with van der Waals surface area (Å²) in [6.45, 7) is 7.04. The Labute approximate surface area is 179 Å². The second-order valence-corrected chi connectivity index (χ2v) is 8.25. The van der Waals surface area contributed by atoms with E-state index >= 15 is 0 Å². The SMILES string of the molecule is CCOc1ccc(CC(=O)N(Cc2ccco2)c2nc3c(C)cc(C)cc3s2)cc1. The summed E-state index contributed by atoms with van der Waals surface area (Å²) in [6.07, 6.45) is 1.90. The third kappa shape index (κ3) is 4.39. The molecule has 4 aromatic rings. The molecule has 2 aromatic heterocycles. The molecule has 0 bridgehead atoms. The van der Waals surface area contributed by atoms with Crippen molar-refractivity contribution in [2.75, 3.05) is 11.5 Å². The molecule has 0 spiro atoms. The van der Waals surface area contributed by atoms with Gasteiger partial charge in [0.1, 0.15) is 11.5 Å². The number of amides is 1. The Kier molecular flexibility index (Phi) is 5.86. The molecule has 6 heteroatoms. The highest BCUT2D eigenvalue weighted by molar-refractivity contribution is 7.22. The zero-order chi connectivity index (χ0) is 21.1. The van der Waals surface area contributed by atoms with Crippen LogP contribution in [0.25, 0.3) is 10.2 Å². The number of anilines is 1. The maximum absolute atomic E-state index is 13.3. The molecule has 0 aliphatic heterocycles. The summed E-state index contributed by atoms with van der Waals surface area (Å²) < 4.78 is 12.1. The smallest absolute Gasteiger partial charge is 0.233 e. The Morgan fingerprint density at radius 3 is 2.67 bits per heavy atom. The van der Waals surface area contributed by atoms with Crippen LogP contribution in [0.15, 0.2) is 59.2 Å². The van der Waals surface area contributed by atoms with Crippen molar-refractivity contribution >= 4 is 32.6 Å². The summed E-state index contributed by atoms with van der Waals surface area (Å²) in [5.74, 6) is 1.50. The Hall–Kier alpha value is -3.12. The van der Waals surface area contributed by atoms with Crippen LogP contribution in [-0.2, 0) is 17.8 Å². The van der Waals surface area contributed by atoms with E-state index in [4.69, 9.17) is 14.1 Å². The van der Waals surface area contributed by atoms with E-state index in [0.717, 1.165) is 32.9 Å². The summed E-state index contributed by atoms with van der Waals surface area (Å²) in [7, 11) is 0. The van der Waals surface area contributed by atoms with E-state index in [1.807, 2.05) is 43.3 Å². The first kappa shape index (κ1) is 20.2. The molecule has 0 aliphatic rings. The number of furan rings is 1. The van der Waals surface area contributed by atoms with Gasteiger partial charge in [0.25, 0.3) is 0 Å². The van der Waals surface area contributed by atoms with Crippen molar-refractivity contribution in [2.24, 2.45) is 0 Å². The van der Waals surface area contributed by atoms with Crippen molar-refractivity contribution in [1.82, 2.24) is 4.98 Å². The van der Waals surface area contributed by atoms with Gasteiger partial charge in [0, 0.05) is 0 Å². The Bertz CT molecular complexity index is 1150. The third-order valence-electron chi connectivity index (χ3n) is 4.83. The van der Waals surface area contributed by atoms with E-state index < -0.39 is 0 Å². The van der Waals surface area contributed by atoms with Crippen LogP contribution >= 0.6 is 11.3 Å². The minimum Gasteiger partial charge on any atom is -0.494 e. The molecule has 0 unspecified atom stereocenters. The van der Waals surface area contributed by atoms with Gasteiger partial charge in [-0.15, -0.1) is 0 Å². The van der Waals surface area contributed by atoms with Gasteiger partial charge in [-0.2, -0.15) is 0 Å². The number of thiazole rings is 1. The number of carbonyl (C=O) groups excluding carboxylic acids is 1. The van der Waals surface area contributed by atoms with Crippen LogP contribution in [0.2, 0.25) is 0 Å². The van der Waals surface area contributed by atoms with Crippen molar-refractivity contribution in [3.63, 3.8) is 0 Å². The fraction of sp³-hybridized carbons (Fsp3) is 0.250. The van der Waals surface area contributed by atoms with E-state index in [9.17, 15) is 4.79 Å². The molecule has 0 N–H and O–H groups in total. The van der Waals surface area contributed by atoms with Gasteiger partial charge in [0.2, 0.25) is 5.91 Å². The molecule has 0 saturated heterocycles. The highest BCUT2D eigenvalue weighted by atomic mass is 32.1. The summed E-state index contributed by atoms with van der Waals surface area (Å²) in [5.41, 5.74) is 4.18. The number of aryl methyl sites for hydroxylation is 2. The summed E-state index contributed by atoms with van der Waals surface area (Å²) in [6, 6.07) is 15.6. The average molecular weight is 421 g/mol. The van der Waals surface area contributed by atoms with Crippen LogP contribution < -0.4 is 9.64 Å². The number of benzene rings is 2. The Morgan fingerprint density at radius 1 is 1.17 bits per heavy atom. The predicted molar refractivity (Wildman–Crippen MR) is 120 cm³/mol. The number of hydrogen-bond acceptors (Lipinski definition) is 5. The molecule has 30 heavy (non-hydrogen) atoms. The lowest BCUT2D eigenvalue weighted by molar-refractivity contribution is -0.118. The van der Waals surface area contributed by atoms with Crippen LogP contribution in [0.4, 0.5) is 5.13 Å². The average Bonchev–Trinajstić information content (AvgIpc) is 3.37. The fourth-order valence-electron chi connectivity index (χ4n) is 3.44. The van der Waals surface area contributed by atoms with Gasteiger partial charge < -0.3 is 9.15 Å². The quantitative estimate of drug-likeness (QED) is 0.386. The van der Waals surface area contributed by atoms with Gasteiger partial charge in [-0.1, -0.05) is 29.5 Å². The van der Waals surface area contributed by atoms with E-state index in [2.05, 4.69) is 26.0 Å². The van der Waals surface area contributed by atoms with Gasteiger partial charge in [-0.3, -0.25) is 9.69 Å². The maximum atomic E-state index is 13.3. The fourth-order valence-corrected chi connectivity index (χ4v) is 4.59. The lowest BCUT2D eigenvalue weighted by Crippen LogP contribution is -2.31. The van der Waals surface area contributed by atoms with Crippen LogP contribution in [0.1, 0.15) is 29.4 Å². The normalized spacial score (nSPS) is 11.0. The number of rotatable bonds is 7. The number of carbonyl (C=O) groups is 1. The van der Waals surface area contributed by atoms with Gasteiger partial charge in [0.05, 0.1) is 36.1 Å². The lowest BCUT2D eigenvalue weighted by atomic mass is 10.1. The van der Waals surface area contributed by atoms with Gasteiger partial charge in [-0.05, 0) is 67.8 Å². The molecular formula is C24H24N2O3S. The topological polar surface area (TPSA) is 55.6 Å². The molecule has 1 amide bonds. The number of nitrogens with zero attached hydrogens (tertiary/aromatic N) is 2. The summed E-state index contributed by atoms with van der Waals surface area (Å²) in [5, 5.41) is 0.686. The Balaban J connectivity index is 1.64. The molecule has 0 atom stereocenters. The highest BCUT2D eigenvalue weighted by Crippen LogP contribution is 2.33. The second-order valence-electron chi connectivity index (χ2n) is 7.24. The van der Waals surface area contributed by atoms with Crippen molar-refractivity contribution in [1.29, 1.82) is 0 Å². The van der Waals surface area contributed by atoms with Crippen LogP contribution in [-0.4, -0.2) is 17.5 Å². The van der Waals surface area contributed by atoms with E-state index in [0.29, 0.717) is 18.3 Å². The van der Waals surface area contributed by atoms with Crippen LogP contribution in [0.3, 0.4) is 0 Å². The highest BCUT2D eigenvalue weighted by Gasteiger charge is 2.22. The number of fused-ring (bicyclic) bond motifs is 1.